The summed E-state index contributed by atoms with van der Waals surface area (Å²) in [6, 6.07) is 11.3. The average Bonchev–Trinajstić information content (AvgIpc) is 2.77. The lowest BCUT2D eigenvalue weighted by Gasteiger charge is -2.29. The van der Waals surface area contributed by atoms with Gasteiger partial charge in [-0.3, -0.25) is 4.90 Å². The van der Waals surface area contributed by atoms with E-state index in [0.29, 0.717) is 12.1 Å². The van der Waals surface area contributed by atoms with Crippen molar-refractivity contribution in [1.82, 2.24) is 4.90 Å². The van der Waals surface area contributed by atoms with Crippen LogP contribution >= 0.6 is 0 Å². The molecule has 1 aliphatic rings. The van der Waals surface area contributed by atoms with Crippen LogP contribution in [0.25, 0.3) is 0 Å². The lowest BCUT2D eigenvalue weighted by atomic mass is 10.1. The Balaban J connectivity index is 2.10. The second kappa shape index (κ2) is 4.77. The van der Waals surface area contributed by atoms with Gasteiger partial charge < -0.3 is 5.11 Å². The van der Waals surface area contributed by atoms with E-state index < -0.39 is 0 Å². The van der Waals surface area contributed by atoms with Crippen molar-refractivity contribution in [3.05, 3.63) is 35.9 Å². The Hall–Kier alpha value is -0.860. The van der Waals surface area contributed by atoms with Gasteiger partial charge in [0, 0.05) is 12.1 Å². The van der Waals surface area contributed by atoms with Crippen LogP contribution in [0.2, 0.25) is 0 Å². The molecule has 1 N–H and O–H groups in total. The third-order valence-electron chi connectivity index (χ3n) is 3.41. The van der Waals surface area contributed by atoms with Crippen molar-refractivity contribution in [2.45, 2.75) is 31.8 Å². The number of rotatable bonds is 3. The zero-order valence-corrected chi connectivity index (χ0v) is 9.26. The van der Waals surface area contributed by atoms with Gasteiger partial charge in [-0.15, -0.1) is 0 Å². The molecule has 1 aromatic rings. The molecule has 1 heterocycles. The van der Waals surface area contributed by atoms with E-state index in [4.69, 9.17) is 0 Å². The maximum Gasteiger partial charge on any atom is 0.0587 e. The number of likely N-dealkylation sites (tertiary alicyclic amines) is 1. The summed E-state index contributed by atoms with van der Waals surface area (Å²) in [7, 11) is 0. The van der Waals surface area contributed by atoms with Crippen molar-refractivity contribution in [2.24, 2.45) is 0 Å². The highest BCUT2D eigenvalue weighted by molar-refractivity contribution is 5.18. The van der Waals surface area contributed by atoms with Gasteiger partial charge in [-0.25, -0.2) is 0 Å². The molecule has 0 aliphatic carbocycles. The summed E-state index contributed by atoms with van der Waals surface area (Å²) < 4.78 is 0. The van der Waals surface area contributed by atoms with Crippen LogP contribution in [-0.2, 0) is 0 Å². The van der Waals surface area contributed by atoms with Gasteiger partial charge in [0.25, 0.3) is 0 Å². The Labute approximate surface area is 91.5 Å². The van der Waals surface area contributed by atoms with Crippen LogP contribution in [0.5, 0.6) is 0 Å². The van der Waals surface area contributed by atoms with Gasteiger partial charge in [-0.1, -0.05) is 30.3 Å². The van der Waals surface area contributed by atoms with E-state index in [9.17, 15) is 5.11 Å². The third kappa shape index (κ3) is 2.21. The second-order valence-electron chi connectivity index (χ2n) is 4.30. The fourth-order valence-electron chi connectivity index (χ4n) is 2.49. The summed E-state index contributed by atoms with van der Waals surface area (Å²) in [4.78, 5) is 2.41. The molecule has 0 radical (unpaired) electrons. The van der Waals surface area contributed by atoms with Gasteiger partial charge in [0.2, 0.25) is 0 Å². The summed E-state index contributed by atoms with van der Waals surface area (Å²) >= 11 is 0. The molecule has 0 amide bonds. The molecule has 2 atom stereocenters. The molecule has 0 bridgehead atoms. The standard InChI is InChI=1S/C13H19NO/c1-11(12-6-3-2-4-7-12)14-9-5-8-13(14)10-15/h2-4,6-7,11,13,15H,5,8-10H2,1H3/t11?,13-/m0/s1. The highest BCUT2D eigenvalue weighted by Crippen LogP contribution is 2.28. The average molecular weight is 205 g/mol. The van der Waals surface area contributed by atoms with Gasteiger partial charge in [0.1, 0.15) is 0 Å². The summed E-state index contributed by atoms with van der Waals surface area (Å²) in [6.45, 7) is 3.63. The molecule has 1 unspecified atom stereocenters. The van der Waals surface area contributed by atoms with Gasteiger partial charge in [0.15, 0.2) is 0 Å². The number of nitrogens with zero attached hydrogens (tertiary/aromatic N) is 1. The van der Waals surface area contributed by atoms with Crippen LogP contribution in [0.1, 0.15) is 31.4 Å². The Morgan fingerprint density at radius 3 is 2.80 bits per heavy atom. The van der Waals surface area contributed by atoms with E-state index >= 15 is 0 Å². The van der Waals surface area contributed by atoms with E-state index in [2.05, 4.69) is 36.1 Å². The van der Waals surface area contributed by atoms with Crippen LogP contribution in [-0.4, -0.2) is 29.2 Å². The van der Waals surface area contributed by atoms with Crippen LogP contribution < -0.4 is 0 Å². The number of hydrogen-bond donors (Lipinski definition) is 1. The summed E-state index contributed by atoms with van der Waals surface area (Å²) in [5, 5.41) is 9.29. The Morgan fingerprint density at radius 2 is 2.13 bits per heavy atom. The van der Waals surface area contributed by atoms with Gasteiger partial charge in [-0.2, -0.15) is 0 Å². The Bertz CT molecular complexity index is 299. The molecular formula is C13H19NO. The smallest absolute Gasteiger partial charge is 0.0587 e. The third-order valence-corrected chi connectivity index (χ3v) is 3.41. The predicted molar refractivity (Wildman–Crippen MR) is 61.7 cm³/mol. The van der Waals surface area contributed by atoms with E-state index in [1.165, 1.54) is 12.0 Å². The molecule has 0 aromatic heterocycles. The molecule has 1 saturated heterocycles. The molecule has 2 heteroatoms. The monoisotopic (exact) mass is 205 g/mol. The first-order chi connectivity index (χ1) is 7.33. The van der Waals surface area contributed by atoms with Crippen molar-refractivity contribution in [2.75, 3.05) is 13.2 Å². The maximum atomic E-state index is 9.29. The van der Waals surface area contributed by atoms with E-state index in [1.807, 2.05) is 6.07 Å². The predicted octanol–water partition coefficient (Wildman–Crippen LogP) is 2.20. The highest BCUT2D eigenvalue weighted by atomic mass is 16.3. The number of aliphatic hydroxyl groups excluding tert-OH is 1. The van der Waals surface area contributed by atoms with E-state index in [0.717, 1.165) is 13.0 Å². The molecule has 2 nitrogen and oxygen atoms in total. The van der Waals surface area contributed by atoms with Crippen molar-refractivity contribution < 1.29 is 5.11 Å². The molecule has 1 fully saturated rings. The Kier molecular flexibility index (Phi) is 3.39. The molecule has 0 spiro atoms. The molecule has 2 rings (SSSR count). The zero-order valence-electron chi connectivity index (χ0n) is 9.26. The van der Waals surface area contributed by atoms with Crippen molar-refractivity contribution in [3.8, 4) is 0 Å². The topological polar surface area (TPSA) is 23.5 Å². The van der Waals surface area contributed by atoms with Crippen LogP contribution in [0.15, 0.2) is 30.3 Å². The number of aliphatic hydroxyl groups is 1. The SMILES string of the molecule is CC(c1ccccc1)N1CCC[C@H]1CO. The summed E-state index contributed by atoms with van der Waals surface area (Å²) in [5.41, 5.74) is 1.35. The van der Waals surface area contributed by atoms with Crippen molar-refractivity contribution in [3.63, 3.8) is 0 Å². The van der Waals surface area contributed by atoms with Crippen LogP contribution in [0.4, 0.5) is 0 Å². The lowest BCUT2D eigenvalue weighted by Crippen LogP contribution is -2.34. The molecule has 1 aliphatic heterocycles. The molecule has 15 heavy (non-hydrogen) atoms. The first kappa shape index (κ1) is 10.7. The number of benzene rings is 1. The second-order valence-corrected chi connectivity index (χ2v) is 4.30. The Morgan fingerprint density at radius 1 is 1.40 bits per heavy atom. The summed E-state index contributed by atoms with van der Waals surface area (Å²) in [5.74, 6) is 0. The molecular weight excluding hydrogens is 186 g/mol. The fourth-order valence-corrected chi connectivity index (χ4v) is 2.49. The highest BCUT2D eigenvalue weighted by Gasteiger charge is 2.28. The van der Waals surface area contributed by atoms with Crippen molar-refractivity contribution in [1.29, 1.82) is 0 Å². The first-order valence-electron chi connectivity index (χ1n) is 5.74. The lowest BCUT2D eigenvalue weighted by molar-refractivity contribution is 0.126. The van der Waals surface area contributed by atoms with Crippen LogP contribution in [0, 0.1) is 0 Å². The molecule has 0 saturated carbocycles. The first-order valence-corrected chi connectivity index (χ1v) is 5.74. The van der Waals surface area contributed by atoms with Gasteiger partial charge >= 0.3 is 0 Å². The summed E-state index contributed by atoms with van der Waals surface area (Å²) in [6.07, 6.45) is 2.34. The maximum absolute atomic E-state index is 9.29. The van der Waals surface area contributed by atoms with Gasteiger partial charge in [-0.05, 0) is 31.9 Å². The largest absolute Gasteiger partial charge is 0.395 e. The zero-order chi connectivity index (χ0) is 10.7. The minimum atomic E-state index is 0.289. The minimum absolute atomic E-state index is 0.289. The van der Waals surface area contributed by atoms with E-state index in [-0.39, 0.29) is 6.61 Å². The minimum Gasteiger partial charge on any atom is -0.395 e. The van der Waals surface area contributed by atoms with E-state index in [1.54, 1.807) is 0 Å². The van der Waals surface area contributed by atoms with Crippen LogP contribution in [0.3, 0.4) is 0 Å². The number of hydrogen-bond acceptors (Lipinski definition) is 2. The molecule has 82 valence electrons. The fraction of sp³-hybridized carbons (Fsp3) is 0.538. The quantitative estimate of drug-likeness (QED) is 0.817. The van der Waals surface area contributed by atoms with Gasteiger partial charge in [0.05, 0.1) is 6.61 Å². The molecule has 1 aromatic carbocycles. The normalized spacial score (nSPS) is 24.3. The van der Waals surface area contributed by atoms with Crippen molar-refractivity contribution >= 4 is 0 Å².